The summed E-state index contributed by atoms with van der Waals surface area (Å²) in [6.07, 6.45) is 10.9. The van der Waals surface area contributed by atoms with Gasteiger partial charge >= 0.3 is 5.97 Å². The van der Waals surface area contributed by atoms with Gasteiger partial charge in [-0.05, 0) is 98.0 Å². The summed E-state index contributed by atoms with van der Waals surface area (Å²) >= 11 is 0. The number of ether oxygens (including phenoxy) is 1. The third kappa shape index (κ3) is 4.09. The van der Waals surface area contributed by atoms with Crippen molar-refractivity contribution in [1.29, 1.82) is 0 Å². The van der Waals surface area contributed by atoms with E-state index in [1.165, 1.54) is 5.71 Å². The number of hydrazone groups is 1. The van der Waals surface area contributed by atoms with Crippen LogP contribution in [-0.4, -0.2) is 35.0 Å². The first-order valence-electron chi connectivity index (χ1n) is 14.5. The van der Waals surface area contributed by atoms with E-state index in [2.05, 4.69) is 29.4 Å². The van der Waals surface area contributed by atoms with Crippen molar-refractivity contribution in [3.05, 3.63) is 47.5 Å². The third-order valence-electron chi connectivity index (χ3n) is 11.4. The highest BCUT2D eigenvalue weighted by Gasteiger charge is 2.67. The van der Waals surface area contributed by atoms with Gasteiger partial charge in [0.15, 0.2) is 0 Å². The molecule has 1 aliphatic heterocycles. The average molecular weight is 519 g/mol. The van der Waals surface area contributed by atoms with E-state index in [1.807, 2.05) is 30.3 Å². The molecule has 0 unspecified atom stereocenters. The lowest BCUT2D eigenvalue weighted by atomic mass is 9.43. The van der Waals surface area contributed by atoms with Crippen molar-refractivity contribution in [2.45, 2.75) is 83.8 Å². The number of fused-ring (bicyclic) bond motifs is 5. The Morgan fingerprint density at radius 1 is 1.11 bits per heavy atom. The minimum atomic E-state index is -0.666. The van der Waals surface area contributed by atoms with Crippen molar-refractivity contribution < 1.29 is 14.6 Å². The second-order valence-corrected chi connectivity index (χ2v) is 13.0. The molecule has 6 rings (SSSR count). The van der Waals surface area contributed by atoms with Gasteiger partial charge in [0, 0.05) is 17.2 Å². The van der Waals surface area contributed by atoms with Crippen molar-refractivity contribution in [1.82, 2.24) is 5.43 Å². The van der Waals surface area contributed by atoms with Gasteiger partial charge in [0.25, 0.3) is 0 Å². The van der Waals surface area contributed by atoms with Gasteiger partial charge in [-0.15, -0.1) is 0 Å². The summed E-state index contributed by atoms with van der Waals surface area (Å²) in [4.78, 5) is 16.2. The minimum absolute atomic E-state index is 0.182. The molecule has 1 aromatic rings. The van der Waals surface area contributed by atoms with Crippen LogP contribution in [0, 0.1) is 34.5 Å². The van der Waals surface area contributed by atoms with Crippen LogP contribution in [0.4, 0.5) is 0 Å². The highest BCUT2D eigenvalue weighted by atomic mass is 16.5. The number of nitrogens with one attached hydrogen (secondary N) is 1. The molecule has 5 aliphatic rings. The van der Waals surface area contributed by atoms with Crippen molar-refractivity contribution in [3.63, 3.8) is 0 Å². The molecule has 4 N–H and O–H groups in total. The van der Waals surface area contributed by atoms with Crippen molar-refractivity contribution in [2.75, 3.05) is 6.61 Å². The highest BCUT2D eigenvalue weighted by molar-refractivity contribution is 5.87. The predicted molar refractivity (Wildman–Crippen MR) is 148 cm³/mol. The molecule has 7 heteroatoms. The van der Waals surface area contributed by atoms with Gasteiger partial charge in [0.05, 0.1) is 12.1 Å². The normalized spacial score (nSPS) is 41.7. The summed E-state index contributed by atoms with van der Waals surface area (Å²) < 4.78 is 5.26. The van der Waals surface area contributed by atoms with Gasteiger partial charge in [-0.2, -0.15) is 5.10 Å². The Kier molecular flexibility index (Phi) is 6.41. The minimum Gasteiger partial charge on any atom is -0.458 e. The number of cyclic esters (lactones) is 1. The number of hydrogen-bond donors (Lipinski definition) is 3. The Hall–Kier alpha value is -2.67. The van der Waals surface area contributed by atoms with Crippen LogP contribution < -0.4 is 11.2 Å². The van der Waals surface area contributed by atoms with Crippen LogP contribution in [0.5, 0.6) is 0 Å². The number of nitrogens with two attached hydrogens (primary N) is 1. The molecule has 0 saturated heterocycles. The highest BCUT2D eigenvalue weighted by Crippen LogP contribution is 2.69. The molecule has 0 radical (unpaired) electrons. The molecule has 4 saturated carbocycles. The Bertz CT molecular complexity index is 1180. The fraction of sp³-hybridized carbons (Fsp3) is 0.645. The summed E-state index contributed by atoms with van der Waals surface area (Å²) in [6, 6.07) is 10.1. The first-order chi connectivity index (χ1) is 18.2. The lowest BCUT2D eigenvalue weighted by molar-refractivity contribution is -0.200. The van der Waals surface area contributed by atoms with E-state index in [4.69, 9.17) is 10.5 Å². The van der Waals surface area contributed by atoms with E-state index in [0.29, 0.717) is 36.9 Å². The maximum absolute atomic E-state index is 12.4. The molecular formula is C31H42N4O3. The molecule has 38 heavy (non-hydrogen) atoms. The van der Waals surface area contributed by atoms with Crippen molar-refractivity contribution in [2.24, 2.45) is 50.3 Å². The first-order valence-corrected chi connectivity index (χ1v) is 14.5. The van der Waals surface area contributed by atoms with Crippen LogP contribution in [0.15, 0.2) is 52.1 Å². The number of aliphatic hydroxyl groups is 1. The van der Waals surface area contributed by atoms with E-state index in [9.17, 15) is 9.90 Å². The predicted octanol–water partition coefficient (Wildman–Crippen LogP) is 4.70. The van der Waals surface area contributed by atoms with E-state index in [1.54, 1.807) is 6.08 Å². The molecule has 0 bridgehead atoms. The SMILES string of the molecule is C[C@]12CC/C(=N/NC(N)=NCc3ccccc3)C[C@H]1CC[C@@H]1[C@@H]2CC[C@]2(C)[C@@H](C3=CC(=O)OC3)CC[C@]12O. The number of benzene rings is 1. The fourth-order valence-electron chi connectivity index (χ4n) is 9.24. The molecule has 0 amide bonds. The topological polar surface area (TPSA) is 109 Å². The second kappa shape index (κ2) is 9.51. The van der Waals surface area contributed by atoms with Gasteiger partial charge < -0.3 is 15.6 Å². The van der Waals surface area contributed by atoms with E-state index < -0.39 is 5.60 Å². The third-order valence-corrected chi connectivity index (χ3v) is 11.4. The number of rotatable bonds is 4. The smallest absolute Gasteiger partial charge is 0.331 e. The van der Waals surface area contributed by atoms with Gasteiger partial charge in [-0.1, -0.05) is 44.2 Å². The second-order valence-electron chi connectivity index (χ2n) is 13.0. The van der Waals surface area contributed by atoms with Crippen LogP contribution in [0.1, 0.15) is 77.2 Å². The quantitative estimate of drug-likeness (QED) is 0.232. The van der Waals surface area contributed by atoms with Crippen LogP contribution in [0.25, 0.3) is 0 Å². The molecule has 0 aromatic heterocycles. The molecule has 7 nitrogen and oxygen atoms in total. The van der Waals surface area contributed by atoms with Gasteiger partial charge in [-0.3, -0.25) is 0 Å². The lowest BCUT2D eigenvalue weighted by Gasteiger charge is -2.63. The number of guanidine groups is 1. The average Bonchev–Trinajstić information content (AvgIpc) is 3.46. The monoisotopic (exact) mass is 518 g/mol. The molecular weight excluding hydrogens is 476 g/mol. The Labute approximate surface area is 226 Å². The van der Waals surface area contributed by atoms with E-state index in [-0.39, 0.29) is 22.7 Å². The summed E-state index contributed by atoms with van der Waals surface area (Å²) in [5.74, 6) is 1.81. The summed E-state index contributed by atoms with van der Waals surface area (Å²) in [6.45, 7) is 5.72. The maximum Gasteiger partial charge on any atom is 0.331 e. The number of carbonyl (C=O) groups excluding carboxylic acids is 1. The number of nitrogens with zero attached hydrogens (tertiary/aromatic N) is 2. The molecule has 1 aromatic carbocycles. The van der Waals surface area contributed by atoms with Crippen LogP contribution in [-0.2, 0) is 16.1 Å². The van der Waals surface area contributed by atoms with Crippen molar-refractivity contribution in [3.8, 4) is 0 Å². The zero-order valence-electron chi connectivity index (χ0n) is 22.8. The zero-order valence-corrected chi connectivity index (χ0v) is 22.8. The van der Waals surface area contributed by atoms with Gasteiger partial charge in [0.2, 0.25) is 5.96 Å². The maximum atomic E-state index is 12.4. The summed E-state index contributed by atoms with van der Waals surface area (Å²) in [5.41, 5.74) is 11.9. The van der Waals surface area contributed by atoms with Gasteiger partial charge in [-0.25, -0.2) is 15.2 Å². The van der Waals surface area contributed by atoms with Gasteiger partial charge in [0.1, 0.15) is 6.61 Å². The summed E-state index contributed by atoms with van der Waals surface area (Å²) in [5, 5.41) is 17.1. The van der Waals surface area contributed by atoms with Crippen LogP contribution in [0.3, 0.4) is 0 Å². The molecule has 4 aliphatic carbocycles. The van der Waals surface area contributed by atoms with Crippen LogP contribution >= 0.6 is 0 Å². The number of aliphatic imine (C=N–C) groups is 1. The van der Waals surface area contributed by atoms with E-state index >= 15 is 0 Å². The fourth-order valence-corrected chi connectivity index (χ4v) is 9.24. The number of hydrogen-bond acceptors (Lipinski definition) is 5. The number of esters is 1. The molecule has 1 heterocycles. The van der Waals surface area contributed by atoms with Crippen molar-refractivity contribution >= 4 is 17.6 Å². The molecule has 0 spiro atoms. The zero-order chi connectivity index (χ0) is 26.5. The van der Waals surface area contributed by atoms with Crippen LogP contribution in [0.2, 0.25) is 0 Å². The van der Waals surface area contributed by atoms with E-state index in [0.717, 1.165) is 68.9 Å². The molecule has 7 atom stereocenters. The first kappa shape index (κ1) is 25.6. The largest absolute Gasteiger partial charge is 0.458 e. The molecule has 4 fully saturated rings. The lowest BCUT2D eigenvalue weighted by Crippen LogP contribution is -2.62. The Balaban J connectivity index is 1.13. The molecule has 204 valence electrons. The summed E-state index contributed by atoms with van der Waals surface area (Å²) in [7, 11) is 0. The standard InChI is InChI=1S/C31H42N4O3/c1-29-13-10-23(34-35-28(32)33-18-20-6-4-3-5-7-20)17-22(29)8-9-26-25(29)11-14-30(2)24(12-15-31(26,30)37)21-16-27(36)38-19-21/h3-7,16,22,24-26,37H,8-15,17-19H2,1-2H3,(H3,32,33,35)/b34-23-/t22-,24-,25+,26-,29+,30-,31+/m1/s1. The number of carbonyl (C=O) groups is 1. The Morgan fingerprint density at radius 2 is 1.92 bits per heavy atom. The Morgan fingerprint density at radius 3 is 2.68 bits per heavy atom.